The number of ether oxygens (including phenoxy) is 2. The number of aromatic nitrogens is 2. The van der Waals surface area contributed by atoms with Crippen molar-refractivity contribution in [3.63, 3.8) is 0 Å². The van der Waals surface area contributed by atoms with Crippen LogP contribution in [0.15, 0.2) is 35.7 Å². The van der Waals surface area contributed by atoms with Crippen molar-refractivity contribution >= 4 is 0 Å². The van der Waals surface area contributed by atoms with Crippen LogP contribution in [-0.2, 0) is 6.42 Å². The Morgan fingerprint density at radius 1 is 1.29 bits per heavy atom. The summed E-state index contributed by atoms with van der Waals surface area (Å²) in [7, 11) is 0. The van der Waals surface area contributed by atoms with Gasteiger partial charge in [-0.15, -0.1) is 5.10 Å². The van der Waals surface area contributed by atoms with Gasteiger partial charge in [-0.3, -0.25) is 5.10 Å². The third-order valence-corrected chi connectivity index (χ3v) is 5.62. The molecule has 1 aromatic carbocycles. The van der Waals surface area contributed by atoms with Gasteiger partial charge in [0, 0.05) is 11.3 Å². The molecule has 1 aliphatic carbocycles. The molecule has 0 saturated heterocycles. The highest BCUT2D eigenvalue weighted by Gasteiger charge is 2.35. The molecule has 0 spiro atoms. The highest BCUT2D eigenvalue weighted by molar-refractivity contribution is 5.55. The second kappa shape index (κ2) is 7.97. The molecule has 6 heteroatoms. The number of hydrogen-bond acceptors (Lipinski definition) is 5. The number of nitriles is 1. The first-order valence-corrected chi connectivity index (χ1v) is 10.1. The van der Waals surface area contributed by atoms with Crippen LogP contribution in [0, 0.1) is 11.3 Å². The molecule has 0 unspecified atom stereocenters. The number of aromatic amines is 1. The minimum Gasteiger partial charge on any atom is -0.490 e. The molecule has 2 aromatic rings. The Hall–Kier alpha value is -2.94. The molecule has 3 N–H and O–H groups in total. The fraction of sp³-hybridized carbons (Fsp3) is 0.455. The van der Waals surface area contributed by atoms with E-state index in [-0.39, 0.29) is 11.8 Å². The summed E-state index contributed by atoms with van der Waals surface area (Å²) in [6.07, 6.45) is 8.03. The van der Waals surface area contributed by atoms with Crippen LogP contribution in [0.25, 0.3) is 0 Å². The molecular weight excluding hydrogens is 352 g/mol. The molecule has 0 amide bonds. The smallest absolute Gasteiger partial charge is 0.244 e. The Morgan fingerprint density at radius 2 is 2.04 bits per heavy atom. The zero-order valence-corrected chi connectivity index (χ0v) is 16.2. The van der Waals surface area contributed by atoms with E-state index in [1.807, 2.05) is 24.3 Å². The van der Waals surface area contributed by atoms with Crippen LogP contribution in [0.3, 0.4) is 0 Å². The van der Waals surface area contributed by atoms with Gasteiger partial charge in [0.15, 0.2) is 0 Å². The minimum absolute atomic E-state index is 0.125. The molecule has 1 fully saturated rings. The van der Waals surface area contributed by atoms with Crippen molar-refractivity contribution < 1.29 is 9.47 Å². The molecule has 4 rings (SSSR count). The number of hydrogen-bond donors (Lipinski definition) is 2. The predicted octanol–water partition coefficient (Wildman–Crippen LogP) is 4.29. The topological polar surface area (TPSA) is 97.0 Å². The average molecular weight is 378 g/mol. The highest BCUT2D eigenvalue weighted by Crippen LogP contribution is 2.43. The number of benzene rings is 1. The maximum absolute atomic E-state index is 9.74. The van der Waals surface area contributed by atoms with Crippen LogP contribution in [0.5, 0.6) is 11.6 Å². The van der Waals surface area contributed by atoms with Gasteiger partial charge < -0.3 is 15.2 Å². The van der Waals surface area contributed by atoms with Gasteiger partial charge in [-0.2, -0.15) is 5.26 Å². The zero-order chi connectivity index (χ0) is 19.5. The van der Waals surface area contributed by atoms with Crippen molar-refractivity contribution in [1.29, 1.82) is 5.26 Å². The van der Waals surface area contributed by atoms with Crippen LogP contribution < -0.4 is 15.2 Å². The van der Waals surface area contributed by atoms with Crippen LogP contribution in [0.1, 0.15) is 68.2 Å². The summed E-state index contributed by atoms with van der Waals surface area (Å²) in [6.45, 7) is 2.15. The third kappa shape index (κ3) is 3.45. The van der Waals surface area contributed by atoms with E-state index in [1.54, 1.807) is 0 Å². The zero-order valence-electron chi connectivity index (χ0n) is 16.2. The molecule has 1 aromatic heterocycles. The van der Waals surface area contributed by atoms with Crippen molar-refractivity contribution in [3.05, 3.63) is 52.5 Å². The first-order chi connectivity index (χ1) is 13.7. The van der Waals surface area contributed by atoms with Gasteiger partial charge in [0.1, 0.15) is 17.4 Å². The fourth-order valence-electron chi connectivity index (χ4n) is 4.12. The molecule has 1 atom stereocenters. The van der Waals surface area contributed by atoms with E-state index in [0.29, 0.717) is 17.6 Å². The van der Waals surface area contributed by atoms with Crippen LogP contribution in [0.4, 0.5) is 0 Å². The molecule has 1 aliphatic heterocycles. The molecule has 0 radical (unpaired) electrons. The van der Waals surface area contributed by atoms with Crippen molar-refractivity contribution in [2.24, 2.45) is 5.73 Å². The monoisotopic (exact) mass is 378 g/mol. The number of allylic oxidation sites excluding steroid dienone is 1. The van der Waals surface area contributed by atoms with Gasteiger partial charge in [0.25, 0.3) is 0 Å². The Bertz CT molecular complexity index is 902. The molecule has 28 heavy (non-hydrogen) atoms. The van der Waals surface area contributed by atoms with Gasteiger partial charge in [0.05, 0.1) is 12.0 Å². The summed E-state index contributed by atoms with van der Waals surface area (Å²) in [5.41, 5.74) is 9.38. The Kier molecular flexibility index (Phi) is 5.25. The summed E-state index contributed by atoms with van der Waals surface area (Å²) >= 11 is 0. The summed E-state index contributed by atoms with van der Waals surface area (Å²) in [5.74, 6) is 1.19. The van der Waals surface area contributed by atoms with Crippen molar-refractivity contribution in [2.75, 3.05) is 0 Å². The van der Waals surface area contributed by atoms with E-state index in [4.69, 9.17) is 15.2 Å². The normalized spacial score (nSPS) is 19.2. The lowest BCUT2D eigenvalue weighted by Gasteiger charge is -2.24. The molecule has 6 nitrogen and oxygen atoms in total. The lowest BCUT2D eigenvalue weighted by molar-refractivity contribution is 0.210. The Morgan fingerprint density at radius 3 is 2.71 bits per heavy atom. The molecule has 0 bridgehead atoms. The van der Waals surface area contributed by atoms with Gasteiger partial charge in [-0.25, -0.2) is 0 Å². The second-order valence-electron chi connectivity index (χ2n) is 7.54. The number of nitrogens with one attached hydrogen (secondary N) is 1. The third-order valence-electron chi connectivity index (χ3n) is 5.62. The predicted molar refractivity (Wildman–Crippen MR) is 106 cm³/mol. The largest absolute Gasteiger partial charge is 0.490 e. The van der Waals surface area contributed by atoms with Crippen molar-refractivity contribution in [1.82, 2.24) is 10.2 Å². The summed E-state index contributed by atoms with van der Waals surface area (Å²) < 4.78 is 11.7. The minimum atomic E-state index is -0.278. The van der Waals surface area contributed by atoms with Gasteiger partial charge >= 0.3 is 0 Å². The van der Waals surface area contributed by atoms with Gasteiger partial charge in [0.2, 0.25) is 11.8 Å². The number of aryl methyl sites for hydroxylation is 1. The molecule has 146 valence electrons. The van der Waals surface area contributed by atoms with E-state index in [2.05, 4.69) is 23.2 Å². The molecule has 1 saturated carbocycles. The number of fused-ring (bicyclic) bond motifs is 1. The maximum atomic E-state index is 9.74. The first-order valence-electron chi connectivity index (χ1n) is 10.1. The number of H-pyrrole nitrogens is 1. The Balaban J connectivity index is 1.67. The maximum Gasteiger partial charge on any atom is 0.244 e. The standard InChI is InChI=1S/C22H26N4O2/c1-2-3-8-18-20-19(17(13-23)21(24)28-22(20)26-25-18)14-9-11-16(12-10-14)27-15-6-4-5-7-15/h9-12,15,19H,2-8,24H2,1H3,(H,25,26)/t19-/m1/s1. The molecule has 2 heterocycles. The number of rotatable bonds is 6. The van der Waals surface area contributed by atoms with Crippen LogP contribution >= 0.6 is 0 Å². The van der Waals surface area contributed by atoms with Crippen molar-refractivity contribution in [3.8, 4) is 17.7 Å². The first kappa shape index (κ1) is 18.4. The van der Waals surface area contributed by atoms with Gasteiger partial charge in [-0.1, -0.05) is 25.5 Å². The lowest BCUT2D eigenvalue weighted by Crippen LogP contribution is -2.21. The SMILES string of the molecule is CCCCc1[nH]nc2c1[C@H](c1ccc(OC3CCCC3)cc1)C(C#N)=C(N)O2. The quantitative estimate of drug-likeness (QED) is 0.781. The molecule has 2 aliphatic rings. The van der Waals surface area contributed by atoms with Crippen LogP contribution in [0.2, 0.25) is 0 Å². The highest BCUT2D eigenvalue weighted by atomic mass is 16.5. The van der Waals surface area contributed by atoms with Gasteiger partial charge in [-0.05, 0) is 56.2 Å². The van der Waals surface area contributed by atoms with E-state index < -0.39 is 0 Å². The number of nitrogens with two attached hydrogens (primary N) is 1. The van der Waals surface area contributed by atoms with Crippen LogP contribution in [-0.4, -0.2) is 16.3 Å². The number of unbranched alkanes of at least 4 members (excludes halogenated alkanes) is 1. The fourth-order valence-corrected chi connectivity index (χ4v) is 4.12. The summed E-state index contributed by atoms with van der Waals surface area (Å²) in [5, 5.41) is 17.1. The second-order valence-corrected chi connectivity index (χ2v) is 7.54. The van der Waals surface area contributed by atoms with E-state index >= 15 is 0 Å². The Labute approximate surface area is 165 Å². The van der Waals surface area contributed by atoms with Crippen molar-refractivity contribution in [2.45, 2.75) is 63.9 Å². The average Bonchev–Trinajstić information content (AvgIpc) is 3.36. The number of nitrogens with zero attached hydrogens (tertiary/aromatic N) is 2. The summed E-state index contributed by atoms with van der Waals surface area (Å²) in [6, 6.07) is 10.3. The van der Waals surface area contributed by atoms with E-state index in [0.717, 1.165) is 54.7 Å². The van der Waals surface area contributed by atoms with E-state index in [9.17, 15) is 5.26 Å². The molecular formula is C22H26N4O2. The lowest BCUT2D eigenvalue weighted by atomic mass is 9.83. The summed E-state index contributed by atoms with van der Waals surface area (Å²) in [4.78, 5) is 0. The van der Waals surface area contributed by atoms with E-state index in [1.165, 1.54) is 12.8 Å².